The molecule has 104 valence electrons. The summed E-state index contributed by atoms with van der Waals surface area (Å²) >= 11 is 0. The van der Waals surface area contributed by atoms with E-state index < -0.39 is 11.7 Å². The third-order valence-electron chi connectivity index (χ3n) is 2.74. The van der Waals surface area contributed by atoms with E-state index in [4.69, 9.17) is 5.84 Å². The largest absolute Gasteiger partial charge is 0.323 e. The summed E-state index contributed by atoms with van der Waals surface area (Å²) in [5.41, 5.74) is 5.04. The normalized spacial score (nSPS) is 10.2. The molecule has 0 saturated heterocycles. The first-order chi connectivity index (χ1) is 9.49. The lowest BCUT2D eigenvalue weighted by atomic mass is 10.1. The van der Waals surface area contributed by atoms with Crippen molar-refractivity contribution in [2.75, 3.05) is 10.7 Å². The molecule has 0 bridgehead atoms. The number of halogens is 1. The molecular weight excluding hydrogens is 259 g/mol. The van der Waals surface area contributed by atoms with Gasteiger partial charge in [-0.3, -0.25) is 15.6 Å². The SMILES string of the molecule is Cc1cc(F)cc(NC(=O)c2cnc(C)cc2NN)c1. The van der Waals surface area contributed by atoms with E-state index in [2.05, 4.69) is 15.7 Å². The Morgan fingerprint density at radius 1 is 1.25 bits per heavy atom. The second kappa shape index (κ2) is 5.66. The molecule has 2 aromatic rings. The summed E-state index contributed by atoms with van der Waals surface area (Å²) in [6, 6.07) is 5.97. The maximum absolute atomic E-state index is 13.3. The van der Waals surface area contributed by atoms with Crippen LogP contribution in [-0.2, 0) is 0 Å². The minimum Gasteiger partial charge on any atom is -0.323 e. The molecule has 0 radical (unpaired) electrons. The van der Waals surface area contributed by atoms with Crippen molar-refractivity contribution in [3.05, 3.63) is 53.1 Å². The van der Waals surface area contributed by atoms with Crippen LogP contribution < -0.4 is 16.6 Å². The number of nitrogen functional groups attached to an aromatic ring is 1. The first kappa shape index (κ1) is 14.0. The predicted molar refractivity (Wildman–Crippen MR) is 75.9 cm³/mol. The molecule has 0 aliphatic heterocycles. The van der Waals surface area contributed by atoms with Crippen LogP contribution >= 0.6 is 0 Å². The van der Waals surface area contributed by atoms with Crippen LogP contribution in [0, 0.1) is 19.7 Å². The number of nitrogens with two attached hydrogens (primary N) is 1. The highest BCUT2D eigenvalue weighted by Gasteiger charge is 2.12. The predicted octanol–water partition coefficient (Wildman–Crippen LogP) is 2.38. The zero-order valence-corrected chi connectivity index (χ0v) is 11.2. The number of amides is 1. The van der Waals surface area contributed by atoms with E-state index in [1.807, 2.05) is 0 Å². The van der Waals surface area contributed by atoms with Gasteiger partial charge in [-0.2, -0.15) is 0 Å². The Labute approximate surface area is 116 Å². The van der Waals surface area contributed by atoms with Gasteiger partial charge < -0.3 is 10.7 Å². The lowest BCUT2D eigenvalue weighted by molar-refractivity contribution is 0.102. The van der Waals surface area contributed by atoms with Crippen LogP contribution in [0.2, 0.25) is 0 Å². The molecule has 0 unspecified atom stereocenters. The average molecular weight is 274 g/mol. The summed E-state index contributed by atoms with van der Waals surface area (Å²) in [6.45, 7) is 3.54. The van der Waals surface area contributed by atoms with Gasteiger partial charge in [-0.25, -0.2) is 4.39 Å². The quantitative estimate of drug-likeness (QED) is 0.593. The first-order valence-corrected chi connectivity index (χ1v) is 6.01. The van der Waals surface area contributed by atoms with Gasteiger partial charge in [0.15, 0.2) is 0 Å². The number of aromatic nitrogens is 1. The van der Waals surface area contributed by atoms with Crippen molar-refractivity contribution in [1.29, 1.82) is 0 Å². The Morgan fingerprint density at radius 3 is 2.65 bits per heavy atom. The van der Waals surface area contributed by atoms with Gasteiger partial charge in [0.2, 0.25) is 0 Å². The third kappa shape index (κ3) is 3.10. The van der Waals surface area contributed by atoms with Gasteiger partial charge in [-0.05, 0) is 43.7 Å². The highest BCUT2D eigenvalue weighted by molar-refractivity contribution is 6.07. The lowest BCUT2D eigenvalue weighted by Crippen LogP contribution is -2.18. The third-order valence-corrected chi connectivity index (χ3v) is 2.74. The van der Waals surface area contributed by atoms with Crippen molar-refractivity contribution in [2.45, 2.75) is 13.8 Å². The fourth-order valence-electron chi connectivity index (χ4n) is 1.87. The number of hydrogen-bond acceptors (Lipinski definition) is 4. The second-order valence-corrected chi connectivity index (χ2v) is 4.49. The molecule has 0 aliphatic rings. The van der Waals surface area contributed by atoms with Crippen LogP contribution in [0.4, 0.5) is 15.8 Å². The highest BCUT2D eigenvalue weighted by atomic mass is 19.1. The molecule has 5 nitrogen and oxygen atoms in total. The molecule has 20 heavy (non-hydrogen) atoms. The smallest absolute Gasteiger partial charge is 0.259 e. The van der Waals surface area contributed by atoms with Gasteiger partial charge in [0.05, 0.1) is 11.3 Å². The number of aryl methyl sites for hydroxylation is 2. The van der Waals surface area contributed by atoms with Crippen molar-refractivity contribution < 1.29 is 9.18 Å². The molecule has 0 spiro atoms. The van der Waals surface area contributed by atoms with E-state index in [0.29, 0.717) is 16.9 Å². The van der Waals surface area contributed by atoms with Crippen LogP contribution in [0.1, 0.15) is 21.6 Å². The van der Waals surface area contributed by atoms with Crippen LogP contribution in [0.15, 0.2) is 30.5 Å². The fourth-order valence-corrected chi connectivity index (χ4v) is 1.87. The number of carbonyl (C=O) groups excluding carboxylic acids is 1. The topological polar surface area (TPSA) is 80.0 Å². The minimum atomic E-state index is -0.407. The number of anilines is 2. The molecule has 6 heteroatoms. The standard InChI is InChI=1S/C14H15FN4O/c1-8-3-10(15)6-11(4-8)18-14(20)12-7-17-9(2)5-13(12)19-16/h3-7H,16H2,1-2H3,(H,17,19)(H,18,20). The monoisotopic (exact) mass is 274 g/mol. The van der Waals surface area contributed by atoms with Crippen LogP contribution in [0.3, 0.4) is 0 Å². The van der Waals surface area contributed by atoms with Crippen molar-refractivity contribution in [2.24, 2.45) is 5.84 Å². The van der Waals surface area contributed by atoms with Gasteiger partial charge in [0.25, 0.3) is 5.91 Å². The van der Waals surface area contributed by atoms with E-state index in [1.54, 1.807) is 26.0 Å². The van der Waals surface area contributed by atoms with Gasteiger partial charge in [-0.15, -0.1) is 0 Å². The number of hydrogen-bond donors (Lipinski definition) is 3. The number of hydrazine groups is 1. The summed E-state index contributed by atoms with van der Waals surface area (Å²) in [5, 5.41) is 2.62. The van der Waals surface area contributed by atoms with Crippen LogP contribution in [0.5, 0.6) is 0 Å². The molecule has 1 aromatic carbocycles. The van der Waals surface area contributed by atoms with Crippen LogP contribution in [-0.4, -0.2) is 10.9 Å². The zero-order chi connectivity index (χ0) is 14.7. The van der Waals surface area contributed by atoms with Gasteiger partial charge >= 0.3 is 0 Å². The molecule has 0 fully saturated rings. The molecule has 0 atom stereocenters. The zero-order valence-electron chi connectivity index (χ0n) is 11.2. The summed E-state index contributed by atoms with van der Waals surface area (Å²) in [6.07, 6.45) is 1.42. The van der Waals surface area contributed by atoms with Gasteiger partial charge in [0.1, 0.15) is 5.82 Å². The molecule has 0 saturated carbocycles. The maximum atomic E-state index is 13.3. The van der Waals surface area contributed by atoms with Crippen molar-refractivity contribution >= 4 is 17.3 Å². The average Bonchev–Trinajstić information content (AvgIpc) is 2.37. The maximum Gasteiger partial charge on any atom is 0.259 e. The van der Waals surface area contributed by atoms with Crippen molar-refractivity contribution in [3.63, 3.8) is 0 Å². The van der Waals surface area contributed by atoms with E-state index in [0.717, 1.165) is 11.3 Å². The van der Waals surface area contributed by atoms with Crippen molar-refractivity contribution in [1.82, 2.24) is 4.98 Å². The molecule has 1 amide bonds. The number of pyridine rings is 1. The summed E-state index contributed by atoms with van der Waals surface area (Å²) in [5.74, 6) is 4.57. The Morgan fingerprint density at radius 2 is 2.00 bits per heavy atom. The number of carbonyl (C=O) groups is 1. The van der Waals surface area contributed by atoms with E-state index in [-0.39, 0.29) is 0 Å². The lowest BCUT2D eigenvalue weighted by Gasteiger charge is -2.10. The molecule has 0 aliphatic carbocycles. The number of rotatable bonds is 3. The molecular formula is C14H15FN4O. The van der Waals surface area contributed by atoms with E-state index >= 15 is 0 Å². The van der Waals surface area contributed by atoms with Crippen molar-refractivity contribution in [3.8, 4) is 0 Å². The van der Waals surface area contributed by atoms with Crippen LogP contribution in [0.25, 0.3) is 0 Å². The van der Waals surface area contributed by atoms with E-state index in [1.165, 1.54) is 18.3 Å². The summed E-state index contributed by atoms with van der Waals surface area (Å²) in [7, 11) is 0. The fraction of sp³-hybridized carbons (Fsp3) is 0.143. The molecule has 4 N–H and O–H groups in total. The highest BCUT2D eigenvalue weighted by Crippen LogP contribution is 2.18. The van der Waals surface area contributed by atoms with Gasteiger partial charge in [0, 0.05) is 17.6 Å². The summed E-state index contributed by atoms with van der Waals surface area (Å²) in [4.78, 5) is 16.2. The number of benzene rings is 1. The van der Waals surface area contributed by atoms with Gasteiger partial charge in [-0.1, -0.05) is 0 Å². The Hall–Kier alpha value is -2.47. The Kier molecular flexibility index (Phi) is 3.95. The first-order valence-electron chi connectivity index (χ1n) is 6.01. The second-order valence-electron chi connectivity index (χ2n) is 4.49. The molecule has 1 heterocycles. The Bertz CT molecular complexity index is 637. The number of nitrogens with zero attached hydrogens (tertiary/aromatic N) is 1. The number of nitrogens with one attached hydrogen (secondary N) is 2. The van der Waals surface area contributed by atoms with E-state index in [9.17, 15) is 9.18 Å². The molecule has 2 rings (SSSR count). The Balaban J connectivity index is 2.28. The molecule has 1 aromatic heterocycles. The summed E-state index contributed by atoms with van der Waals surface area (Å²) < 4.78 is 13.3. The minimum absolute atomic E-state index is 0.292.